The van der Waals surface area contributed by atoms with Gasteiger partial charge in [-0.15, -0.1) is 10.2 Å². The lowest BCUT2D eigenvalue weighted by Gasteiger charge is -2.24. The van der Waals surface area contributed by atoms with Crippen molar-refractivity contribution >= 4 is 0 Å². The van der Waals surface area contributed by atoms with Gasteiger partial charge in [-0.05, 0) is 18.6 Å². The first kappa shape index (κ1) is 11.3. The highest BCUT2D eigenvalue weighted by atomic mass is 15.3. The summed E-state index contributed by atoms with van der Waals surface area (Å²) in [5.41, 5.74) is 0.897. The van der Waals surface area contributed by atoms with Gasteiger partial charge >= 0.3 is 0 Å². The Morgan fingerprint density at radius 1 is 1.39 bits per heavy atom. The van der Waals surface area contributed by atoms with E-state index < -0.39 is 0 Å². The molecule has 0 amide bonds. The molecule has 5 heteroatoms. The van der Waals surface area contributed by atoms with Crippen LogP contribution in [0, 0.1) is 0 Å². The lowest BCUT2D eigenvalue weighted by Crippen LogP contribution is -2.33. The van der Waals surface area contributed by atoms with E-state index >= 15 is 0 Å². The zero-order valence-electron chi connectivity index (χ0n) is 10.5. The van der Waals surface area contributed by atoms with E-state index in [1.807, 2.05) is 18.2 Å². The Bertz CT molecular complexity index is 519. The van der Waals surface area contributed by atoms with Gasteiger partial charge in [-0.25, -0.2) is 0 Å². The SMILES string of the molecule is CCCC1NCCn2c(-c3ccccn3)nnc21. The molecule has 2 aromatic rings. The molecule has 0 aliphatic carbocycles. The molecule has 1 unspecified atom stereocenters. The third kappa shape index (κ3) is 1.90. The quantitative estimate of drug-likeness (QED) is 0.893. The minimum absolute atomic E-state index is 0.328. The third-order valence-electron chi connectivity index (χ3n) is 3.29. The van der Waals surface area contributed by atoms with Gasteiger partial charge in [0.25, 0.3) is 0 Å². The smallest absolute Gasteiger partial charge is 0.182 e. The molecule has 1 N–H and O–H groups in total. The van der Waals surface area contributed by atoms with E-state index in [-0.39, 0.29) is 0 Å². The highest BCUT2D eigenvalue weighted by Crippen LogP contribution is 2.24. The second kappa shape index (κ2) is 4.86. The van der Waals surface area contributed by atoms with Gasteiger partial charge in [0.05, 0.1) is 6.04 Å². The molecule has 1 aliphatic rings. The van der Waals surface area contributed by atoms with Gasteiger partial charge in [-0.2, -0.15) is 0 Å². The Hall–Kier alpha value is -1.75. The summed E-state index contributed by atoms with van der Waals surface area (Å²) in [4.78, 5) is 4.36. The van der Waals surface area contributed by atoms with Crippen molar-refractivity contribution in [1.29, 1.82) is 0 Å². The maximum atomic E-state index is 4.36. The van der Waals surface area contributed by atoms with Crippen LogP contribution in [0.15, 0.2) is 24.4 Å². The van der Waals surface area contributed by atoms with Gasteiger partial charge in [-0.1, -0.05) is 19.4 Å². The van der Waals surface area contributed by atoms with Crippen LogP contribution in [0.5, 0.6) is 0 Å². The van der Waals surface area contributed by atoms with Crippen molar-refractivity contribution in [1.82, 2.24) is 25.1 Å². The fraction of sp³-hybridized carbons (Fsp3) is 0.462. The molecular weight excluding hydrogens is 226 g/mol. The maximum Gasteiger partial charge on any atom is 0.182 e. The van der Waals surface area contributed by atoms with E-state index in [4.69, 9.17) is 0 Å². The molecule has 0 spiro atoms. The van der Waals surface area contributed by atoms with Gasteiger partial charge in [0, 0.05) is 19.3 Å². The fourth-order valence-electron chi connectivity index (χ4n) is 2.44. The van der Waals surface area contributed by atoms with Crippen molar-refractivity contribution < 1.29 is 0 Å². The first-order valence-electron chi connectivity index (χ1n) is 6.48. The number of rotatable bonds is 3. The summed E-state index contributed by atoms with van der Waals surface area (Å²) in [6, 6.07) is 6.20. The van der Waals surface area contributed by atoms with Gasteiger partial charge in [0.2, 0.25) is 0 Å². The maximum absolute atomic E-state index is 4.36. The summed E-state index contributed by atoms with van der Waals surface area (Å²) in [5.74, 6) is 1.93. The van der Waals surface area contributed by atoms with E-state index in [1.54, 1.807) is 6.20 Å². The summed E-state index contributed by atoms with van der Waals surface area (Å²) >= 11 is 0. The first-order chi connectivity index (χ1) is 8.90. The van der Waals surface area contributed by atoms with Gasteiger partial charge in [-0.3, -0.25) is 4.98 Å². The normalized spacial score (nSPS) is 18.6. The van der Waals surface area contributed by atoms with Crippen molar-refractivity contribution in [2.45, 2.75) is 32.4 Å². The summed E-state index contributed by atoms with van der Waals surface area (Å²) in [6.45, 7) is 4.07. The molecule has 3 rings (SSSR count). The first-order valence-corrected chi connectivity index (χ1v) is 6.48. The summed E-state index contributed by atoms with van der Waals surface area (Å²) in [5, 5.41) is 12.2. The summed E-state index contributed by atoms with van der Waals surface area (Å²) in [6.07, 6.45) is 4.03. The van der Waals surface area contributed by atoms with Gasteiger partial charge in [0.15, 0.2) is 11.6 Å². The highest BCUT2D eigenvalue weighted by Gasteiger charge is 2.24. The van der Waals surface area contributed by atoms with Crippen molar-refractivity contribution in [3.63, 3.8) is 0 Å². The van der Waals surface area contributed by atoms with E-state index in [0.717, 1.165) is 43.3 Å². The number of aromatic nitrogens is 4. The minimum atomic E-state index is 0.328. The zero-order valence-corrected chi connectivity index (χ0v) is 10.5. The largest absolute Gasteiger partial charge is 0.307 e. The van der Waals surface area contributed by atoms with E-state index in [9.17, 15) is 0 Å². The van der Waals surface area contributed by atoms with Crippen LogP contribution in [0.4, 0.5) is 0 Å². The van der Waals surface area contributed by atoms with Crippen LogP contribution in [-0.4, -0.2) is 26.3 Å². The number of nitrogens with zero attached hydrogens (tertiary/aromatic N) is 4. The number of pyridine rings is 1. The van der Waals surface area contributed by atoms with Crippen molar-refractivity contribution in [3.05, 3.63) is 30.2 Å². The van der Waals surface area contributed by atoms with Crippen LogP contribution in [0.3, 0.4) is 0 Å². The van der Waals surface area contributed by atoms with Crippen molar-refractivity contribution in [3.8, 4) is 11.5 Å². The molecule has 94 valence electrons. The molecule has 1 aliphatic heterocycles. The predicted molar refractivity (Wildman–Crippen MR) is 68.9 cm³/mol. The van der Waals surface area contributed by atoms with Gasteiger partial charge in [0.1, 0.15) is 5.69 Å². The topological polar surface area (TPSA) is 55.6 Å². The molecule has 0 saturated carbocycles. The number of hydrogen-bond acceptors (Lipinski definition) is 4. The average molecular weight is 243 g/mol. The molecule has 0 fully saturated rings. The van der Waals surface area contributed by atoms with Crippen molar-refractivity contribution in [2.75, 3.05) is 6.54 Å². The minimum Gasteiger partial charge on any atom is -0.307 e. The Morgan fingerprint density at radius 2 is 2.33 bits per heavy atom. The molecule has 2 aromatic heterocycles. The number of nitrogens with one attached hydrogen (secondary N) is 1. The lowest BCUT2D eigenvalue weighted by molar-refractivity contribution is 0.394. The lowest BCUT2D eigenvalue weighted by atomic mass is 10.1. The van der Waals surface area contributed by atoms with Crippen LogP contribution in [0.25, 0.3) is 11.5 Å². The molecule has 0 radical (unpaired) electrons. The number of fused-ring (bicyclic) bond motifs is 1. The van der Waals surface area contributed by atoms with Crippen LogP contribution < -0.4 is 5.32 Å². The van der Waals surface area contributed by atoms with E-state index in [2.05, 4.69) is 32.0 Å². The molecule has 0 aromatic carbocycles. The second-order valence-corrected chi connectivity index (χ2v) is 4.54. The van der Waals surface area contributed by atoms with Crippen LogP contribution in [0.1, 0.15) is 31.6 Å². The second-order valence-electron chi connectivity index (χ2n) is 4.54. The average Bonchev–Trinajstić information content (AvgIpc) is 2.85. The Labute approximate surface area is 106 Å². The monoisotopic (exact) mass is 243 g/mol. The summed E-state index contributed by atoms with van der Waals surface area (Å²) in [7, 11) is 0. The van der Waals surface area contributed by atoms with E-state index in [0.29, 0.717) is 6.04 Å². The highest BCUT2D eigenvalue weighted by molar-refractivity contribution is 5.49. The molecule has 5 nitrogen and oxygen atoms in total. The zero-order chi connectivity index (χ0) is 12.4. The molecule has 1 atom stereocenters. The Kier molecular flexibility index (Phi) is 3.06. The Balaban J connectivity index is 2.00. The standard InChI is InChI=1S/C13H17N5/c1-2-5-10-12-16-17-13(18(12)9-8-15-10)11-6-3-4-7-14-11/h3-4,6-7,10,15H,2,5,8-9H2,1H3. The predicted octanol–water partition coefficient (Wildman–Crippen LogP) is 1.78. The molecule has 0 bridgehead atoms. The van der Waals surface area contributed by atoms with Crippen LogP contribution >= 0.6 is 0 Å². The summed E-state index contributed by atoms with van der Waals surface area (Å²) < 4.78 is 2.19. The van der Waals surface area contributed by atoms with Gasteiger partial charge < -0.3 is 9.88 Å². The van der Waals surface area contributed by atoms with Crippen LogP contribution in [-0.2, 0) is 6.54 Å². The van der Waals surface area contributed by atoms with E-state index in [1.165, 1.54) is 0 Å². The Morgan fingerprint density at radius 3 is 3.11 bits per heavy atom. The molecule has 18 heavy (non-hydrogen) atoms. The number of hydrogen-bond donors (Lipinski definition) is 1. The molecular formula is C13H17N5. The van der Waals surface area contributed by atoms with Crippen molar-refractivity contribution in [2.24, 2.45) is 0 Å². The molecule has 3 heterocycles. The van der Waals surface area contributed by atoms with Crippen LogP contribution in [0.2, 0.25) is 0 Å². The third-order valence-corrected chi connectivity index (χ3v) is 3.29. The fourth-order valence-corrected chi connectivity index (χ4v) is 2.44. The molecule has 0 saturated heterocycles.